The molecule has 4 nitrogen and oxygen atoms in total. The van der Waals surface area contributed by atoms with Crippen LogP contribution in [0.1, 0.15) is 22.3 Å². The van der Waals surface area contributed by atoms with Crippen LogP contribution in [-0.2, 0) is 0 Å². The quantitative estimate of drug-likeness (QED) is 0.674. The summed E-state index contributed by atoms with van der Waals surface area (Å²) in [5.74, 6) is 0.0194. The number of hydrogen-bond acceptors (Lipinski definition) is 2. The fourth-order valence-corrected chi connectivity index (χ4v) is 2.62. The number of urea groups is 1. The third kappa shape index (κ3) is 4.44. The van der Waals surface area contributed by atoms with Crippen LogP contribution < -0.4 is 10.6 Å². The van der Waals surface area contributed by atoms with Gasteiger partial charge in [0.15, 0.2) is 5.78 Å². The first-order valence-electron chi connectivity index (χ1n) is 8.25. The van der Waals surface area contributed by atoms with Gasteiger partial charge in [-0.25, -0.2) is 4.79 Å². The molecule has 3 aromatic carbocycles. The molecule has 0 radical (unpaired) electrons. The highest BCUT2D eigenvalue weighted by Gasteiger charge is 2.07. The number of benzene rings is 3. The molecule has 0 aliphatic carbocycles. The molecule has 25 heavy (non-hydrogen) atoms. The minimum Gasteiger partial charge on any atom is -0.337 e. The molecule has 2 N–H and O–H groups in total. The summed E-state index contributed by atoms with van der Waals surface area (Å²) in [6, 6.07) is 20.8. The second-order valence-electron chi connectivity index (χ2n) is 5.98. The third-order valence-electron chi connectivity index (χ3n) is 4.02. The average Bonchev–Trinajstić information content (AvgIpc) is 2.62. The number of anilines is 1. The zero-order chi connectivity index (χ0) is 17.6. The van der Waals surface area contributed by atoms with Crippen molar-refractivity contribution < 1.29 is 9.59 Å². The van der Waals surface area contributed by atoms with E-state index in [9.17, 15) is 9.59 Å². The summed E-state index contributed by atoms with van der Waals surface area (Å²) >= 11 is 0. The van der Waals surface area contributed by atoms with Crippen molar-refractivity contribution in [2.75, 3.05) is 11.9 Å². The molecule has 0 saturated carbocycles. The molecule has 126 valence electrons. The van der Waals surface area contributed by atoms with Gasteiger partial charge in [0.25, 0.3) is 0 Å². The van der Waals surface area contributed by atoms with E-state index in [1.54, 1.807) is 0 Å². The van der Waals surface area contributed by atoms with Gasteiger partial charge in [0, 0.05) is 24.2 Å². The first-order chi connectivity index (χ1) is 12.1. The Kier molecular flexibility index (Phi) is 5.09. The minimum atomic E-state index is -0.313. The van der Waals surface area contributed by atoms with Crippen LogP contribution in [0.5, 0.6) is 0 Å². The summed E-state index contributed by atoms with van der Waals surface area (Å²) in [7, 11) is 0. The van der Waals surface area contributed by atoms with Gasteiger partial charge >= 0.3 is 6.03 Å². The van der Waals surface area contributed by atoms with Crippen LogP contribution in [0.25, 0.3) is 10.8 Å². The van der Waals surface area contributed by atoms with Gasteiger partial charge in [-0.05, 0) is 29.8 Å². The molecule has 0 aliphatic heterocycles. The maximum absolute atomic E-state index is 12.1. The summed E-state index contributed by atoms with van der Waals surface area (Å²) in [4.78, 5) is 24.0. The fourth-order valence-electron chi connectivity index (χ4n) is 2.62. The van der Waals surface area contributed by atoms with E-state index >= 15 is 0 Å². The smallest absolute Gasteiger partial charge is 0.319 e. The van der Waals surface area contributed by atoms with Crippen LogP contribution in [0.3, 0.4) is 0 Å². The lowest BCUT2D eigenvalue weighted by Gasteiger charge is -2.08. The molecule has 0 atom stereocenters. The predicted molar refractivity (Wildman–Crippen MR) is 101 cm³/mol. The highest BCUT2D eigenvalue weighted by molar-refractivity contribution is 5.97. The molecule has 3 aromatic rings. The molecule has 0 aliphatic rings. The Hall–Kier alpha value is -3.14. The van der Waals surface area contributed by atoms with Crippen molar-refractivity contribution in [1.82, 2.24) is 5.32 Å². The van der Waals surface area contributed by atoms with E-state index in [1.165, 1.54) is 0 Å². The number of nitrogens with one attached hydrogen (secondary N) is 2. The molecular weight excluding hydrogens is 312 g/mol. The Morgan fingerprint density at radius 3 is 2.36 bits per heavy atom. The van der Waals surface area contributed by atoms with Gasteiger partial charge in [-0.3, -0.25) is 4.79 Å². The number of carbonyl (C=O) groups excluding carboxylic acids is 2. The molecular formula is C21H20N2O2. The van der Waals surface area contributed by atoms with Gasteiger partial charge < -0.3 is 10.6 Å². The highest BCUT2D eigenvalue weighted by atomic mass is 16.2. The van der Waals surface area contributed by atoms with Crippen LogP contribution in [0.4, 0.5) is 10.5 Å². The summed E-state index contributed by atoms with van der Waals surface area (Å²) in [5.41, 5.74) is 2.51. The molecule has 0 bridgehead atoms. The predicted octanol–water partition coefficient (Wildman–Crippen LogP) is 4.54. The van der Waals surface area contributed by atoms with Crippen LogP contribution in [0.15, 0.2) is 66.7 Å². The largest absolute Gasteiger partial charge is 0.337 e. The molecule has 0 saturated heterocycles. The molecule has 3 rings (SSSR count). The van der Waals surface area contributed by atoms with Crippen LogP contribution >= 0.6 is 0 Å². The Labute approximate surface area is 146 Å². The SMILES string of the molecule is Cc1ccc(C(=O)CCNC(=O)Nc2ccc3ccccc3c2)cc1. The first kappa shape index (κ1) is 16.7. The Morgan fingerprint density at radius 1 is 0.880 bits per heavy atom. The van der Waals surface area contributed by atoms with Gasteiger partial charge in [0.2, 0.25) is 0 Å². The standard InChI is InChI=1S/C21H20N2O2/c1-15-6-8-17(9-7-15)20(24)12-13-22-21(25)23-19-11-10-16-4-2-3-5-18(16)14-19/h2-11,14H,12-13H2,1H3,(H2,22,23,25). The van der Waals surface area contributed by atoms with E-state index in [0.717, 1.165) is 22.0 Å². The van der Waals surface area contributed by atoms with E-state index in [4.69, 9.17) is 0 Å². The lowest BCUT2D eigenvalue weighted by atomic mass is 10.1. The van der Waals surface area contributed by atoms with E-state index < -0.39 is 0 Å². The first-order valence-corrected chi connectivity index (χ1v) is 8.25. The second-order valence-corrected chi connectivity index (χ2v) is 5.98. The van der Waals surface area contributed by atoms with Crippen molar-refractivity contribution in [2.24, 2.45) is 0 Å². The maximum Gasteiger partial charge on any atom is 0.319 e. The van der Waals surface area contributed by atoms with E-state index in [-0.39, 0.29) is 18.2 Å². The highest BCUT2D eigenvalue weighted by Crippen LogP contribution is 2.18. The van der Waals surface area contributed by atoms with Crippen LogP contribution in [-0.4, -0.2) is 18.4 Å². The van der Waals surface area contributed by atoms with Gasteiger partial charge in [0.1, 0.15) is 0 Å². The average molecular weight is 332 g/mol. The van der Waals surface area contributed by atoms with Gasteiger partial charge in [-0.1, -0.05) is 60.2 Å². The normalized spacial score (nSPS) is 10.4. The van der Waals surface area contributed by atoms with Crippen molar-refractivity contribution >= 4 is 28.3 Å². The van der Waals surface area contributed by atoms with Crippen molar-refractivity contribution in [2.45, 2.75) is 13.3 Å². The Balaban J connectivity index is 1.50. The van der Waals surface area contributed by atoms with Gasteiger partial charge in [-0.15, -0.1) is 0 Å². The number of carbonyl (C=O) groups is 2. The van der Waals surface area contributed by atoms with Crippen LogP contribution in [0, 0.1) is 6.92 Å². The number of rotatable bonds is 5. The van der Waals surface area contributed by atoms with E-state index in [1.807, 2.05) is 73.7 Å². The lowest BCUT2D eigenvalue weighted by Crippen LogP contribution is -2.30. The third-order valence-corrected chi connectivity index (χ3v) is 4.02. The maximum atomic E-state index is 12.1. The van der Waals surface area contributed by atoms with Crippen LogP contribution in [0.2, 0.25) is 0 Å². The monoisotopic (exact) mass is 332 g/mol. The molecule has 0 unspecified atom stereocenters. The molecule has 0 aromatic heterocycles. The number of Topliss-reactive ketones (excluding diaryl/α,β-unsaturated/α-hetero) is 1. The Bertz CT molecular complexity index is 901. The van der Waals surface area contributed by atoms with Gasteiger partial charge in [-0.2, -0.15) is 0 Å². The number of fused-ring (bicyclic) bond motifs is 1. The molecule has 0 fully saturated rings. The summed E-state index contributed by atoms with van der Waals surface area (Å²) in [6.07, 6.45) is 0.272. The summed E-state index contributed by atoms with van der Waals surface area (Å²) in [5, 5.41) is 7.70. The number of aryl methyl sites for hydroxylation is 1. The number of ketones is 1. The van der Waals surface area contributed by atoms with Crippen molar-refractivity contribution in [1.29, 1.82) is 0 Å². The molecule has 0 spiro atoms. The zero-order valence-electron chi connectivity index (χ0n) is 14.1. The van der Waals surface area contributed by atoms with E-state index in [2.05, 4.69) is 10.6 Å². The number of hydrogen-bond donors (Lipinski definition) is 2. The van der Waals surface area contributed by atoms with E-state index in [0.29, 0.717) is 12.1 Å². The van der Waals surface area contributed by atoms with Crippen molar-refractivity contribution in [3.05, 3.63) is 77.9 Å². The fraction of sp³-hybridized carbons (Fsp3) is 0.143. The van der Waals surface area contributed by atoms with Crippen molar-refractivity contribution in [3.8, 4) is 0 Å². The minimum absolute atomic E-state index is 0.0194. The van der Waals surface area contributed by atoms with Gasteiger partial charge in [0.05, 0.1) is 0 Å². The topological polar surface area (TPSA) is 58.2 Å². The molecule has 0 heterocycles. The summed E-state index contributed by atoms with van der Waals surface area (Å²) in [6.45, 7) is 2.28. The zero-order valence-corrected chi connectivity index (χ0v) is 14.1. The lowest BCUT2D eigenvalue weighted by molar-refractivity contribution is 0.0984. The molecule has 4 heteroatoms. The van der Waals surface area contributed by atoms with Crippen molar-refractivity contribution in [3.63, 3.8) is 0 Å². The molecule has 2 amide bonds. The number of amides is 2. The Morgan fingerprint density at radius 2 is 1.60 bits per heavy atom. The second kappa shape index (κ2) is 7.62. The summed E-state index contributed by atoms with van der Waals surface area (Å²) < 4.78 is 0.